The molecule has 7 heteroatoms. The lowest BCUT2D eigenvalue weighted by molar-refractivity contribution is -0.143. The van der Waals surface area contributed by atoms with Gasteiger partial charge in [-0.2, -0.15) is 0 Å². The second kappa shape index (κ2) is 7.87. The van der Waals surface area contributed by atoms with Gasteiger partial charge < -0.3 is 9.80 Å². The Hall–Kier alpha value is -1.47. The Morgan fingerprint density at radius 2 is 1.85 bits per heavy atom. The van der Waals surface area contributed by atoms with Crippen LogP contribution in [0.5, 0.6) is 0 Å². The van der Waals surface area contributed by atoms with Crippen molar-refractivity contribution in [2.75, 3.05) is 39.3 Å². The maximum atomic E-state index is 13.3. The number of amides is 2. The van der Waals surface area contributed by atoms with E-state index in [9.17, 15) is 14.0 Å². The number of hydrogen-bond donors (Lipinski definition) is 0. The number of rotatable bonds is 4. The van der Waals surface area contributed by atoms with E-state index in [0.717, 1.165) is 50.6 Å². The van der Waals surface area contributed by atoms with E-state index in [-0.39, 0.29) is 17.7 Å². The van der Waals surface area contributed by atoms with Gasteiger partial charge in [-0.05, 0) is 37.8 Å². The molecule has 5 nitrogen and oxygen atoms in total. The summed E-state index contributed by atoms with van der Waals surface area (Å²) in [5.41, 5.74) is 0. The van der Waals surface area contributed by atoms with E-state index < -0.39 is 6.17 Å². The molecule has 1 saturated carbocycles. The number of carbonyl (C=O) groups excluding carboxylic acids is 2. The molecule has 3 fully saturated rings. The molecule has 0 N–H and O–H groups in total. The van der Waals surface area contributed by atoms with Crippen LogP contribution in [0.25, 0.3) is 0 Å². The summed E-state index contributed by atoms with van der Waals surface area (Å²) in [6, 6.07) is 4.38. The van der Waals surface area contributed by atoms with Gasteiger partial charge in [-0.1, -0.05) is 6.92 Å². The third kappa shape index (κ3) is 3.90. The van der Waals surface area contributed by atoms with Crippen molar-refractivity contribution in [3.8, 4) is 0 Å². The third-order valence-electron chi connectivity index (χ3n) is 6.23. The van der Waals surface area contributed by atoms with Gasteiger partial charge in [0, 0.05) is 56.1 Å². The summed E-state index contributed by atoms with van der Waals surface area (Å²) in [4.78, 5) is 33.4. The summed E-state index contributed by atoms with van der Waals surface area (Å²) in [5.74, 6) is 0.186. The highest BCUT2D eigenvalue weighted by Crippen LogP contribution is 2.31. The van der Waals surface area contributed by atoms with Crippen molar-refractivity contribution in [1.82, 2.24) is 14.7 Å². The van der Waals surface area contributed by atoms with Crippen molar-refractivity contribution in [1.29, 1.82) is 0 Å². The standard InChI is InChI=1S/C20H28FN3O2S/c1-2-17-5-6-18(27-17)20(26)23-9-7-22(8-10-23)16-12-24(13-16)19(25)14-3-4-15(21)11-14/h5-6,14-16H,2-4,7-13H2,1H3. The minimum Gasteiger partial charge on any atom is -0.339 e. The van der Waals surface area contributed by atoms with E-state index >= 15 is 0 Å². The molecule has 2 amide bonds. The molecular weight excluding hydrogens is 365 g/mol. The molecule has 2 unspecified atom stereocenters. The van der Waals surface area contributed by atoms with Crippen LogP contribution in [0.3, 0.4) is 0 Å². The highest BCUT2D eigenvalue weighted by Gasteiger charge is 2.40. The zero-order valence-electron chi connectivity index (χ0n) is 15.9. The first kappa shape index (κ1) is 18.9. The molecule has 2 aliphatic heterocycles. The molecule has 3 aliphatic rings. The number of likely N-dealkylation sites (tertiary alicyclic amines) is 1. The average molecular weight is 394 g/mol. The maximum Gasteiger partial charge on any atom is 0.264 e. The molecule has 3 heterocycles. The predicted molar refractivity (Wildman–Crippen MR) is 104 cm³/mol. The van der Waals surface area contributed by atoms with Gasteiger partial charge in [0.2, 0.25) is 5.91 Å². The molecule has 2 atom stereocenters. The van der Waals surface area contributed by atoms with Gasteiger partial charge in [-0.3, -0.25) is 14.5 Å². The molecule has 2 saturated heterocycles. The lowest BCUT2D eigenvalue weighted by atomic mass is 10.00. The largest absolute Gasteiger partial charge is 0.339 e. The van der Waals surface area contributed by atoms with Gasteiger partial charge in [-0.15, -0.1) is 11.3 Å². The van der Waals surface area contributed by atoms with Crippen molar-refractivity contribution >= 4 is 23.2 Å². The fourth-order valence-electron chi connectivity index (χ4n) is 4.40. The fourth-order valence-corrected chi connectivity index (χ4v) is 5.32. The van der Waals surface area contributed by atoms with E-state index in [4.69, 9.17) is 0 Å². The van der Waals surface area contributed by atoms with Crippen molar-refractivity contribution < 1.29 is 14.0 Å². The molecule has 0 aromatic carbocycles. The summed E-state index contributed by atoms with van der Waals surface area (Å²) in [5, 5.41) is 0. The first-order valence-corrected chi connectivity index (χ1v) is 10.9. The van der Waals surface area contributed by atoms with Crippen LogP contribution >= 0.6 is 11.3 Å². The monoisotopic (exact) mass is 393 g/mol. The summed E-state index contributed by atoms with van der Waals surface area (Å²) in [7, 11) is 0. The number of aryl methyl sites for hydroxylation is 1. The van der Waals surface area contributed by atoms with Crippen LogP contribution in [0.4, 0.5) is 4.39 Å². The van der Waals surface area contributed by atoms with Gasteiger partial charge in [-0.25, -0.2) is 4.39 Å². The predicted octanol–water partition coefficient (Wildman–Crippen LogP) is 2.42. The fraction of sp³-hybridized carbons (Fsp3) is 0.700. The molecule has 148 valence electrons. The highest BCUT2D eigenvalue weighted by molar-refractivity contribution is 7.14. The molecule has 0 radical (unpaired) electrons. The number of carbonyl (C=O) groups is 2. The molecule has 27 heavy (non-hydrogen) atoms. The van der Waals surface area contributed by atoms with Gasteiger partial charge >= 0.3 is 0 Å². The second-order valence-corrected chi connectivity index (χ2v) is 9.12. The maximum absolute atomic E-state index is 13.3. The summed E-state index contributed by atoms with van der Waals surface area (Å²) >= 11 is 1.60. The Balaban J connectivity index is 1.22. The zero-order chi connectivity index (χ0) is 19.0. The van der Waals surface area contributed by atoms with Gasteiger partial charge in [0.05, 0.1) is 4.88 Å². The number of nitrogens with zero attached hydrogens (tertiary/aromatic N) is 3. The van der Waals surface area contributed by atoms with Crippen LogP contribution in [0.15, 0.2) is 12.1 Å². The summed E-state index contributed by atoms with van der Waals surface area (Å²) in [6.07, 6.45) is 1.81. The van der Waals surface area contributed by atoms with Gasteiger partial charge in [0.15, 0.2) is 0 Å². The topological polar surface area (TPSA) is 43.9 Å². The quantitative estimate of drug-likeness (QED) is 0.789. The molecule has 0 spiro atoms. The van der Waals surface area contributed by atoms with Crippen LogP contribution in [0, 0.1) is 5.92 Å². The number of thiophene rings is 1. The molecule has 4 rings (SSSR count). The van der Waals surface area contributed by atoms with E-state index in [1.165, 1.54) is 4.88 Å². The Kier molecular flexibility index (Phi) is 5.50. The average Bonchev–Trinajstić information content (AvgIpc) is 3.29. The second-order valence-electron chi connectivity index (χ2n) is 7.95. The molecule has 0 bridgehead atoms. The molecule has 1 aromatic rings. The van der Waals surface area contributed by atoms with E-state index in [0.29, 0.717) is 25.3 Å². The van der Waals surface area contributed by atoms with Gasteiger partial charge in [0.1, 0.15) is 6.17 Å². The smallest absolute Gasteiger partial charge is 0.264 e. The third-order valence-corrected chi connectivity index (χ3v) is 7.45. The lowest BCUT2D eigenvalue weighted by Gasteiger charge is -2.48. The van der Waals surface area contributed by atoms with Crippen LogP contribution < -0.4 is 0 Å². The number of hydrogen-bond acceptors (Lipinski definition) is 4. The Labute approximate surface area is 164 Å². The van der Waals surface area contributed by atoms with Crippen LogP contribution in [0.1, 0.15) is 40.7 Å². The lowest BCUT2D eigenvalue weighted by Crippen LogP contribution is -2.65. The Morgan fingerprint density at radius 3 is 2.44 bits per heavy atom. The van der Waals surface area contributed by atoms with Crippen LogP contribution in [-0.2, 0) is 11.2 Å². The van der Waals surface area contributed by atoms with Gasteiger partial charge in [0.25, 0.3) is 5.91 Å². The zero-order valence-corrected chi connectivity index (χ0v) is 16.7. The number of piperazine rings is 1. The van der Waals surface area contributed by atoms with Crippen LogP contribution in [-0.4, -0.2) is 78.0 Å². The Morgan fingerprint density at radius 1 is 1.11 bits per heavy atom. The summed E-state index contributed by atoms with van der Waals surface area (Å²) < 4.78 is 13.3. The van der Waals surface area contributed by atoms with E-state index in [1.807, 2.05) is 21.9 Å². The van der Waals surface area contributed by atoms with Crippen LogP contribution in [0.2, 0.25) is 0 Å². The number of alkyl halides is 1. The summed E-state index contributed by atoms with van der Waals surface area (Å²) in [6.45, 7) is 6.83. The van der Waals surface area contributed by atoms with E-state index in [2.05, 4.69) is 11.8 Å². The van der Waals surface area contributed by atoms with Crippen molar-refractivity contribution in [2.45, 2.75) is 44.8 Å². The van der Waals surface area contributed by atoms with Crippen molar-refractivity contribution in [3.05, 3.63) is 21.9 Å². The first-order valence-electron chi connectivity index (χ1n) is 10.1. The van der Waals surface area contributed by atoms with Crippen molar-refractivity contribution in [3.63, 3.8) is 0 Å². The minimum absolute atomic E-state index is 0.103. The highest BCUT2D eigenvalue weighted by atomic mass is 32.1. The minimum atomic E-state index is -0.793. The van der Waals surface area contributed by atoms with Crippen molar-refractivity contribution in [2.24, 2.45) is 5.92 Å². The Bertz CT molecular complexity index is 695. The normalized spacial score (nSPS) is 27.0. The molecular formula is C20H28FN3O2S. The SMILES string of the molecule is CCc1ccc(C(=O)N2CCN(C3CN(C(=O)C4CCC(F)C4)C3)CC2)s1. The molecule has 1 aliphatic carbocycles. The first-order chi connectivity index (χ1) is 13.0. The number of halogens is 1. The molecule has 1 aromatic heterocycles. The van der Waals surface area contributed by atoms with E-state index in [1.54, 1.807) is 11.3 Å².